The van der Waals surface area contributed by atoms with Crippen LogP contribution in [0.5, 0.6) is 0 Å². The summed E-state index contributed by atoms with van der Waals surface area (Å²) in [6.45, 7) is 12.3. The van der Waals surface area contributed by atoms with Gasteiger partial charge in [0.1, 0.15) is 0 Å². The molecule has 1 unspecified atom stereocenters. The first-order valence-corrected chi connectivity index (χ1v) is 7.43. The molecule has 0 aliphatic carbocycles. The zero-order valence-corrected chi connectivity index (χ0v) is 12.1. The highest BCUT2D eigenvalue weighted by molar-refractivity contribution is 4.88. The predicted molar refractivity (Wildman–Crippen MR) is 75.0 cm³/mol. The molecule has 0 spiro atoms. The van der Waals surface area contributed by atoms with Crippen LogP contribution in [-0.2, 0) is 4.74 Å². The highest BCUT2D eigenvalue weighted by Crippen LogP contribution is 2.29. The standard InChI is InChI=1S/C14H29N3O/c1-3-15-11-14(5-4-10-18-13-14)12-17-8-6-16(2)7-9-17/h15H,3-13H2,1-2H3. The summed E-state index contributed by atoms with van der Waals surface area (Å²) in [4.78, 5) is 5.05. The Balaban J connectivity index is 1.87. The van der Waals surface area contributed by atoms with Crippen molar-refractivity contribution in [3.8, 4) is 0 Å². The van der Waals surface area contributed by atoms with Crippen LogP contribution in [0.15, 0.2) is 0 Å². The van der Waals surface area contributed by atoms with E-state index >= 15 is 0 Å². The van der Waals surface area contributed by atoms with Crippen LogP contribution in [0.3, 0.4) is 0 Å². The van der Waals surface area contributed by atoms with E-state index in [-0.39, 0.29) is 0 Å². The maximum Gasteiger partial charge on any atom is 0.0546 e. The van der Waals surface area contributed by atoms with Crippen molar-refractivity contribution in [3.63, 3.8) is 0 Å². The average molecular weight is 255 g/mol. The minimum absolute atomic E-state index is 0.351. The molecule has 4 heteroatoms. The number of piperazine rings is 1. The topological polar surface area (TPSA) is 27.7 Å². The van der Waals surface area contributed by atoms with Crippen molar-refractivity contribution in [2.24, 2.45) is 5.41 Å². The lowest BCUT2D eigenvalue weighted by atomic mass is 9.81. The van der Waals surface area contributed by atoms with Gasteiger partial charge >= 0.3 is 0 Å². The normalized spacial score (nSPS) is 31.7. The van der Waals surface area contributed by atoms with Gasteiger partial charge in [-0.3, -0.25) is 0 Å². The highest BCUT2D eigenvalue weighted by atomic mass is 16.5. The molecule has 2 saturated heterocycles. The van der Waals surface area contributed by atoms with Crippen LogP contribution >= 0.6 is 0 Å². The van der Waals surface area contributed by atoms with Gasteiger partial charge in [0, 0.05) is 51.3 Å². The Morgan fingerprint density at radius 3 is 2.61 bits per heavy atom. The van der Waals surface area contributed by atoms with E-state index < -0.39 is 0 Å². The lowest BCUT2D eigenvalue weighted by molar-refractivity contribution is -0.0315. The van der Waals surface area contributed by atoms with Crippen LogP contribution in [0.25, 0.3) is 0 Å². The number of nitrogens with zero attached hydrogens (tertiary/aromatic N) is 2. The Kier molecular flexibility index (Phi) is 5.42. The zero-order chi connectivity index (χ0) is 12.8. The van der Waals surface area contributed by atoms with Crippen LogP contribution < -0.4 is 5.32 Å². The van der Waals surface area contributed by atoms with Gasteiger partial charge in [-0.25, -0.2) is 0 Å². The molecule has 106 valence electrons. The van der Waals surface area contributed by atoms with Crippen molar-refractivity contribution in [2.45, 2.75) is 19.8 Å². The van der Waals surface area contributed by atoms with Gasteiger partial charge in [0.15, 0.2) is 0 Å². The van der Waals surface area contributed by atoms with Crippen LogP contribution in [-0.4, -0.2) is 75.9 Å². The summed E-state index contributed by atoms with van der Waals surface area (Å²) in [5.41, 5.74) is 0.351. The van der Waals surface area contributed by atoms with E-state index in [1.165, 1.54) is 45.6 Å². The Morgan fingerprint density at radius 2 is 2.00 bits per heavy atom. The second-order valence-corrected chi connectivity index (χ2v) is 6.02. The van der Waals surface area contributed by atoms with Gasteiger partial charge in [-0.15, -0.1) is 0 Å². The van der Waals surface area contributed by atoms with Crippen molar-refractivity contribution >= 4 is 0 Å². The molecule has 2 fully saturated rings. The van der Waals surface area contributed by atoms with E-state index in [4.69, 9.17) is 4.74 Å². The lowest BCUT2D eigenvalue weighted by Gasteiger charge is -2.43. The fraction of sp³-hybridized carbons (Fsp3) is 1.00. The number of hydrogen-bond donors (Lipinski definition) is 1. The summed E-state index contributed by atoms with van der Waals surface area (Å²) in [6, 6.07) is 0. The highest BCUT2D eigenvalue weighted by Gasteiger charge is 2.34. The van der Waals surface area contributed by atoms with Gasteiger partial charge in [-0.2, -0.15) is 0 Å². The van der Waals surface area contributed by atoms with Gasteiger partial charge in [-0.1, -0.05) is 6.92 Å². The van der Waals surface area contributed by atoms with Crippen molar-refractivity contribution in [1.29, 1.82) is 0 Å². The molecular weight excluding hydrogens is 226 g/mol. The van der Waals surface area contributed by atoms with Crippen LogP contribution in [0.1, 0.15) is 19.8 Å². The van der Waals surface area contributed by atoms with Crippen LogP contribution in [0.4, 0.5) is 0 Å². The van der Waals surface area contributed by atoms with E-state index in [1.54, 1.807) is 0 Å². The average Bonchev–Trinajstić information content (AvgIpc) is 2.40. The molecule has 1 atom stereocenters. The molecule has 4 nitrogen and oxygen atoms in total. The molecule has 2 rings (SSSR count). The molecule has 18 heavy (non-hydrogen) atoms. The monoisotopic (exact) mass is 255 g/mol. The molecular formula is C14H29N3O. The van der Waals surface area contributed by atoms with Gasteiger partial charge in [0.25, 0.3) is 0 Å². The first kappa shape index (κ1) is 14.3. The first-order chi connectivity index (χ1) is 8.74. The molecule has 2 aliphatic rings. The molecule has 0 aromatic heterocycles. The number of nitrogens with one attached hydrogen (secondary N) is 1. The third-order valence-electron chi connectivity index (χ3n) is 4.31. The van der Waals surface area contributed by atoms with E-state index in [0.29, 0.717) is 5.41 Å². The van der Waals surface area contributed by atoms with E-state index in [0.717, 1.165) is 26.3 Å². The Bertz CT molecular complexity index is 233. The fourth-order valence-corrected chi connectivity index (χ4v) is 3.10. The number of rotatable bonds is 5. The summed E-state index contributed by atoms with van der Waals surface area (Å²) in [5, 5.41) is 3.54. The molecule has 0 saturated carbocycles. The zero-order valence-electron chi connectivity index (χ0n) is 12.1. The minimum Gasteiger partial charge on any atom is -0.381 e. The lowest BCUT2D eigenvalue weighted by Crippen LogP contribution is -2.53. The summed E-state index contributed by atoms with van der Waals surface area (Å²) in [5.74, 6) is 0. The van der Waals surface area contributed by atoms with Crippen LogP contribution in [0.2, 0.25) is 0 Å². The minimum atomic E-state index is 0.351. The second kappa shape index (κ2) is 6.85. The van der Waals surface area contributed by atoms with Crippen molar-refractivity contribution in [2.75, 3.05) is 66.1 Å². The maximum absolute atomic E-state index is 5.77. The van der Waals surface area contributed by atoms with Gasteiger partial charge in [0.05, 0.1) is 6.61 Å². The SMILES string of the molecule is CCNCC1(CN2CCN(C)CC2)CCCOC1. The molecule has 0 radical (unpaired) electrons. The van der Waals surface area contributed by atoms with Crippen molar-refractivity contribution < 1.29 is 4.74 Å². The summed E-state index contributed by atoms with van der Waals surface area (Å²) < 4.78 is 5.77. The molecule has 0 aromatic rings. The number of likely N-dealkylation sites (N-methyl/N-ethyl adjacent to an activating group) is 1. The number of hydrogen-bond acceptors (Lipinski definition) is 4. The molecule has 1 N–H and O–H groups in total. The van der Waals surface area contributed by atoms with Gasteiger partial charge < -0.3 is 19.9 Å². The third-order valence-corrected chi connectivity index (χ3v) is 4.31. The van der Waals surface area contributed by atoms with E-state index in [1.807, 2.05) is 0 Å². The smallest absolute Gasteiger partial charge is 0.0546 e. The number of ether oxygens (including phenoxy) is 1. The largest absolute Gasteiger partial charge is 0.381 e. The van der Waals surface area contributed by atoms with Crippen LogP contribution in [0, 0.1) is 5.41 Å². The Labute approximate surface area is 112 Å². The fourth-order valence-electron chi connectivity index (χ4n) is 3.10. The molecule has 0 aromatic carbocycles. The quantitative estimate of drug-likeness (QED) is 0.780. The van der Waals surface area contributed by atoms with Gasteiger partial charge in [0.2, 0.25) is 0 Å². The summed E-state index contributed by atoms with van der Waals surface area (Å²) >= 11 is 0. The summed E-state index contributed by atoms with van der Waals surface area (Å²) in [6.07, 6.45) is 2.53. The molecule has 0 amide bonds. The van der Waals surface area contributed by atoms with E-state index in [2.05, 4.69) is 29.1 Å². The van der Waals surface area contributed by atoms with Crippen molar-refractivity contribution in [1.82, 2.24) is 15.1 Å². The van der Waals surface area contributed by atoms with Gasteiger partial charge in [-0.05, 0) is 26.4 Å². The molecule has 2 heterocycles. The molecule has 2 aliphatic heterocycles. The second-order valence-electron chi connectivity index (χ2n) is 6.02. The Morgan fingerprint density at radius 1 is 1.22 bits per heavy atom. The Hall–Kier alpha value is -0.160. The van der Waals surface area contributed by atoms with Crippen molar-refractivity contribution in [3.05, 3.63) is 0 Å². The van der Waals surface area contributed by atoms with E-state index in [9.17, 15) is 0 Å². The maximum atomic E-state index is 5.77. The third kappa shape index (κ3) is 3.92. The summed E-state index contributed by atoms with van der Waals surface area (Å²) in [7, 11) is 2.22. The first-order valence-electron chi connectivity index (χ1n) is 7.43. The molecule has 0 bridgehead atoms. The predicted octanol–water partition coefficient (Wildman–Crippen LogP) is 0.640.